The summed E-state index contributed by atoms with van der Waals surface area (Å²) in [6.45, 7) is 4.25. The van der Waals surface area contributed by atoms with Crippen LogP contribution in [-0.2, 0) is 5.41 Å². The first-order valence-corrected chi connectivity index (χ1v) is 21.6. The number of ether oxygens (including phenoxy) is 1. The molecule has 8 aromatic carbocycles. The maximum absolute atomic E-state index is 8.74. The number of pyridine rings is 1. The molecule has 0 radical (unpaired) electrons. The second-order valence-electron chi connectivity index (χ2n) is 17.2. The topological polar surface area (TPSA) is 33.1 Å². The average molecular weight is 830 g/mol. The molecule has 0 spiro atoms. The molecule has 11 rings (SSSR count). The highest BCUT2D eigenvalue weighted by Gasteiger charge is 2.40. The zero-order valence-corrected chi connectivity index (χ0v) is 35.8. The molecule has 10 aromatic rings. The van der Waals surface area contributed by atoms with Gasteiger partial charge in [-0.2, -0.15) is 0 Å². The van der Waals surface area contributed by atoms with Crippen molar-refractivity contribution >= 4 is 50.6 Å². The molecule has 3 heterocycles. The summed E-state index contributed by atoms with van der Waals surface area (Å²) in [5.41, 5.74) is 12.4. The Morgan fingerprint density at radius 3 is 1.91 bits per heavy atom. The normalized spacial score (nSPS) is 13.2. The summed E-state index contributed by atoms with van der Waals surface area (Å²) in [5, 5.41) is 2.21. The molecule has 1 aliphatic heterocycles. The van der Waals surface area contributed by atoms with E-state index in [0.717, 1.165) is 72.4 Å². The third-order valence-corrected chi connectivity index (χ3v) is 12.1. The lowest BCUT2D eigenvalue weighted by Gasteiger charge is -2.20. The third-order valence-electron chi connectivity index (χ3n) is 12.1. The first-order valence-electron chi connectivity index (χ1n) is 23.1. The maximum Gasteiger partial charge on any atom is 0.503 e. The van der Waals surface area contributed by atoms with E-state index >= 15 is 0 Å². The number of aromatic nitrogens is 2. The quantitative estimate of drug-likeness (QED) is 0.143. The molecule has 0 amide bonds. The fraction of sp³-hybridized carbons (Fsp3) is 0.0847. The second kappa shape index (κ2) is 15.7. The van der Waals surface area contributed by atoms with Gasteiger partial charge in [0.2, 0.25) is 11.4 Å². The fourth-order valence-electron chi connectivity index (χ4n) is 8.95. The molecule has 0 fully saturated rings. The molecule has 2 aromatic heterocycles. The Kier molecular flexibility index (Phi) is 8.68. The van der Waals surface area contributed by atoms with Gasteiger partial charge in [-0.15, -0.1) is 0 Å². The third kappa shape index (κ3) is 6.89. The Balaban J connectivity index is 1.07. The van der Waals surface area contributed by atoms with E-state index in [2.05, 4.69) is 141 Å². The van der Waals surface area contributed by atoms with E-state index in [4.69, 9.17) is 13.8 Å². The molecule has 0 unspecified atom stereocenters. The highest BCUT2D eigenvalue weighted by Crippen LogP contribution is 2.46. The zero-order valence-electron chi connectivity index (χ0n) is 38.8. The molecule has 0 saturated carbocycles. The smallest absolute Gasteiger partial charge is 0.457 e. The number of benzene rings is 8. The van der Waals surface area contributed by atoms with Gasteiger partial charge in [-0.3, -0.25) is 4.57 Å². The van der Waals surface area contributed by atoms with E-state index in [-0.39, 0.29) is 11.0 Å². The summed E-state index contributed by atoms with van der Waals surface area (Å²) < 4.78 is 39.1. The van der Waals surface area contributed by atoms with E-state index < -0.39 is 6.85 Å². The van der Waals surface area contributed by atoms with Gasteiger partial charge in [-0.1, -0.05) is 142 Å². The molecular weight excluding hydrogens is 781 g/mol. The van der Waals surface area contributed by atoms with Crippen molar-refractivity contribution in [3.05, 3.63) is 218 Å². The summed E-state index contributed by atoms with van der Waals surface area (Å²) >= 11 is 0. The van der Waals surface area contributed by atoms with Crippen LogP contribution < -0.4 is 13.9 Å². The molecule has 0 bridgehead atoms. The van der Waals surface area contributed by atoms with Gasteiger partial charge in [0, 0.05) is 44.8 Å². The summed E-state index contributed by atoms with van der Waals surface area (Å²) in [7, 11) is 0. The summed E-state index contributed by atoms with van der Waals surface area (Å²) in [6.07, 6.45) is 1.90. The van der Waals surface area contributed by atoms with Crippen molar-refractivity contribution in [2.45, 2.75) is 33.0 Å². The molecule has 5 nitrogen and oxygen atoms in total. The number of rotatable bonds is 8. The van der Waals surface area contributed by atoms with Gasteiger partial charge in [0.1, 0.15) is 17.3 Å². The summed E-state index contributed by atoms with van der Waals surface area (Å²) in [5.74, 6) is 2.11. The van der Waals surface area contributed by atoms with Gasteiger partial charge in [-0.05, 0) is 104 Å². The van der Waals surface area contributed by atoms with Crippen molar-refractivity contribution in [1.29, 1.82) is 0 Å². The van der Waals surface area contributed by atoms with Gasteiger partial charge in [0.25, 0.3) is 5.69 Å². The lowest BCUT2D eigenvalue weighted by Crippen LogP contribution is -2.12. The maximum atomic E-state index is 8.74. The van der Waals surface area contributed by atoms with Crippen LogP contribution in [0.2, 0.25) is 0 Å². The van der Waals surface area contributed by atoms with E-state index in [1.165, 1.54) is 5.56 Å². The molecule has 1 aliphatic rings. The minimum Gasteiger partial charge on any atom is -0.457 e. The van der Waals surface area contributed by atoms with Crippen LogP contribution in [0.1, 0.15) is 36.0 Å². The molecule has 0 aliphatic carbocycles. The van der Waals surface area contributed by atoms with Crippen LogP contribution in [-0.4, -0.2) is 15.6 Å². The fourth-order valence-corrected chi connectivity index (χ4v) is 8.95. The number of para-hydroxylation sites is 2. The van der Waals surface area contributed by atoms with Gasteiger partial charge in [0.15, 0.2) is 0 Å². The van der Waals surface area contributed by atoms with Crippen molar-refractivity contribution in [2.24, 2.45) is 0 Å². The number of aryl methyl sites for hydroxylation is 1. The standard InChI is InChI=1S/C59H46N4O/c1-40-17-14-28-54-57(40)62(58-49(42-20-10-6-11-21-42)26-16-27-50(58)43-22-12-7-13-23-43)39-61(54)46-24-15-25-47(37-46)64-48-30-31-51-52-35-44(41-18-8-5-9-19-41)29-32-53(52)63(55(51)38-48)56-36-45(33-34-60-56)59(2,3)4/h5-38H,1-4H3/q+2/i1D3. The monoisotopic (exact) mass is 829 g/mol. The van der Waals surface area contributed by atoms with Gasteiger partial charge >= 0.3 is 11.7 Å². The minimum atomic E-state index is -2.41. The Morgan fingerprint density at radius 2 is 1.20 bits per heavy atom. The van der Waals surface area contributed by atoms with Crippen molar-refractivity contribution in [1.82, 2.24) is 18.7 Å². The van der Waals surface area contributed by atoms with Crippen LogP contribution in [0.15, 0.2) is 206 Å². The Morgan fingerprint density at radius 1 is 0.531 bits per heavy atom. The zero-order chi connectivity index (χ0) is 45.9. The largest absolute Gasteiger partial charge is 0.503 e. The van der Waals surface area contributed by atoms with Crippen LogP contribution in [0.25, 0.3) is 61.0 Å². The van der Waals surface area contributed by atoms with Crippen molar-refractivity contribution in [3.63, 3.8) is 0 Å². The van der Waals surface area contributed by atoms with Gasteiger partial charge in [-0.25, -0.2) is 4.98 Å². The number of hydrogen-bond acceptors (Lipinski definition) is 2. The van der Waals surface area contributed by atoms with Crippen molar-refractivity contribution in [2.75, 3.05) is 0 Å². The minimum absolute atomic E-state index is 0.0677. The van der Waals surface area contributed by atoms with E-state index in [1.54, 1.807) is 6.07 Å². The molecule has 64 heavy (non-hydrogen) atoms. The van der Waals surface area contributed by atoms with Crippen molar-refractivity contribution in [3.8, 4) is 50.7 Å². The highest BCUT2D eigenvalue weighted by atomic mass is 16.5. The van der Waals surface area contributed by atoms with Crippen LogP contribution in [0.4, 0.5) is 22.7 Å². The SMILES string of the molecule is [2H]C([2H])([2H])c1cccc2c1[N+](c1c(-c3ccccc3)cccc1-c1ccccc1)=C=[N+]2c1cccc(Oc2ccc3c4cc(-c5ccccc5)ccc4n(-c4cc(C(C)(C)C)ccn4)c3c2)c1. The molecule has 0 N–H and O–H groups in total. The number of fused-ring (bicyclic) bond motifs is 4. The average Bonchev–Trinajstić information content (AvgIpc) is 3.90. The predicted octanol–water partition coefficient (Wildman–Crippen LogP) is 15.4. The first kappa shape index (κ1) is 35.5. The number of hydrogen-bond donors (Lipinski definition) is 0. The first-order chi connectivity index (χ1) is 32.5. The second-order valence-corrected chi connectivity index (χ2v) is 17.2. The van der Waals surface area contributed by atoms with E-state index in [9.17, 15) is 0 Å². The number of nitrogens with zero attached hydrogens (tertiary/aromatic N) is 4. The summed E-state index contributed by atoms with van der Waals surface area (Å²) in [6, 6.07) is 71.2. The lowest BCUT2D eigenvalue weighted by atomic mass is 9.88. The lowest BCUT2D eigenvalue weighted by molar-refractivity contribution is 0.483. The summed E-state index contributed by atoms with van der Waals surface area (Å²) in [4.78, 5) is 4.93. The van der Waals surface area contributed by atoms with Crippen LogP contribution in [0, 0.1) is 6.85 Å². The predicted molar refractivity (Wildman–Crippen MR) is 266 cm³/mol. The molecule has 5 heteroatoms. The van der Waals surface area contributed by atoms with Gasteiger partial charge in [0.05, 0.1) is 28.2 Å². The Hall–Kier alpha value is -8.11. The van der Waals surface area contributed by atoms with Crippen LogP contribution in [0.3, 0.4) is 0 Å². The van der Waals surface area contributed by atoms with Crippen molar-refractivity contribution < 1.29 is 8.85 Å². The molecule has 0 atom stereocenters. The Bertz CT molecular complexity index is 3550. The molecule has 0 saturated heterocycles. The van der Waals surface area contributed by atoms with E-state index in [1.807, 2.05) is 100 Å². The van der Waals surface area contributed by atoms with Gasteiger partial charge < -0.3 is 4.74 Å². The van der Waals surface area contributed by atoms with E-state index in [0.29, 0.717) is 22.9 Å². The molecular formula is C59H46N4O+2. The van der Waals surface area contributed by atoms with Crippen LogP contribution in [0.5, 0.6) is 11.5 Å². The molecule has 306 valence electrons. The van der Waals surface area contributed by atoms with Crippen LogP contribution >= 0.6 is 0 Å². The highest BCUT2D eigenvalue weighted by molar-refractivity contribution is 6.10. The Labute approximate surface area is 378 Å².